The summed E-state index contributed by atoms with van der Waals surface area (Å²) in [6.45, 7) is 0. The largest absolute Gasteiger partial charge is 0.465 e. The molecule has 0 aromatic heterocycles. The van der Waals surface area contributed by atoms with Gasteiger partial charge in [-0.25, -0.2) is 9.79 Å². The molecule has 1 N–H and O–H groups in total. The summed E-state index contributed by atoms with van der Waals surface area (Å²) in [5.74, 6) is -0.838. The van der Waals surface area contributed by atoms with Gasteiger partial charge in [-0.2, -0.15) is 0 Å². The number of carbonyl (C=O) groups is 2. The summed E-state index contributed by atoms with van der Waals surface area (Å²) < 4.78 is 4.89. The van der Waals surface area contributed by atoms with E-state index in [1.54, 1.807) is 67.5 Å². The second kappa shape index (κ2) is 10.7. The SMILES string of the molecule is COC(=O)c1ccccc1N(C)C(=S)NC1N=C(c2ccccc2Cl)c2cc(Cl)ccc2N(C)C1=O. The third kappa shape index (κ3) is 4.93. The number of anilines is 2. The quantitative estimate of drug-likeness (QED) is 0.373. The monoisotopic (exact) mass is 540 g/mol. The average molecular weight is 541 g/mol. The first kappa shape index (κ1) is 25.6. The Morgan fingerprint density at radius 1 is 1.08 bits per heavy atom. The van der Waals surface area contributed by atoms with Crippen molar-refractivity contribution in [2.24, 2.45) is 4.99 Å². The number of methoxy groups -OCH3 is 1. The lowest BCUT2D eigenvalue weighted by Crippen LogP contribution is -2.50. The van der Waals surface area contributed by atoms with Gasteiger partial charge in [-0.3, -0.25) is 4.79 Å². The van der Waals surface area contributed by atoms with Crippen LogP contribution < -0.4 is 15.1 Å². The van der Waals surface area contributed by atoms with Crippen LogP contribution in [0.5, 0.6) is 0 Å². The van der Waals surface area contributed by atoms with Crippen LogP contribution in [0.3, 0.4) is 0 Å². The molecule has 10 heteroatoms. The molecule has 0 saturated heterocycles. The Morgan fingerprint density at radius 2 is 1.78 bits per heavy atom. The minimum Gasteiger partial charge on any atom is -0.465 e. The number of benzene rings is 3. The molecule has 0 aliphatic carbocycles. The number of amides is 1. The van der Waals surface area contributed by atoms with Crippen molar-refractivity contribution in [3.63, 3.8) is 0 Å². The molecule has 1 aliphatic rings. The fraction of sp³-hybridized carbons (Fsp3) is 0.154. The number of nitrogens with zero attached hydrogens (tertiary/aromatic N) is 3. The number of carbonyl (C=O) groups excluding carboxylic acids is 2. The number of ether oxygens (including phenoxy) is 1. The van der Waals surface area contributed by atoms with Crippen LogP contribution in [-0.2, 0) is 9.53 Å². The zero-order valence-corrected chi connectivity index (χ0v) is 22.0. The molecule has 0 fully saturated rings. The van der Waals surface area contributed by atoms with Crippen molar-refractivity contribution in [2.75, 3.05) is 31.0 Å². The number of nitrogens with one attached hydrogen (secondary N) is 1. The number of rotatable bonds is 4. The van der Waals surface area contributed by atoms with Gasteiger partial charge in [0.05, 0.1) is 29.8 Å². The van der Waals surface area contributed by atoms with Crippen LogP contribution in [0.1, 0.15) is 21.5 Å². The van der Waals surface area contributed by atoms with E-state index < -0.39 is 12.1 Å². The molecule has 36 heavy (non-hydrogen) atoms. The Morgan fingerprint density at radius 3 is 2.50 bits per heavy atom. The van der Waals surface area contributed by atoms with Gasteiger partial charge in [-0.05, 0) is 48.6 Å². The maximum atomic E-state index is 13.5. The summed E-state index contributed by atoms with van der Waals surface area (Å²) in [6, 6.07) is 19.4. The minimum absolute atomic E-state index is 0.185. The zero-order valence-electron chi connectivity index (χ0n) is 19.7. The van der Waals surface area contributed by atoms with Crippen LogP contribution in [0.2, 0.25) is 10.0 Å². The van der Waals surface area contributed by atoms with Crippen molar-refractivity contribution in [2.45, 2.75) is 6.17 Å². The molecule has 1 unspecified atom stereocenters. The summed E-state index contributed by atoms with van der Waals surface area (Å²) >= 11 is 18.5. The molecule has 184 valence electrons. The smallest absolute Gasteiger partial charge is 0.339 e. The summed E-state index contributed by atoms with van der Waals surface area (Å²) in [4.78, 5) is 33.6. The minimum atomic E-state index is -1.08. The van der Waals surface area contributed by atoms with E-state index in [9.17, 15) is 9.59 Å². The van der Waals surface area contributed by atoms with E-state index >= 15 is 0 Å². The van der Waals surface area contributed by atoms with E-state index in [0.717, 1.165) is 0 Å². The molecule has 1 amide bonds. The van der Waals surface area contributed by atoms with Gasteiger partial charge in [-0.15, -0.1) is 0 Å². The highest BCUT2D eigenvalue weighted by atomic mass is 35.5. The first-order valence-corrected chi connectivity index (χ1v) is 12.0. The fourth-order valence-corrected chi connectivity index (χ4v) is 4.49. The lowest BCUT2D eigenvalue weighted by Gasteiger charge is -2.26. The molecule has 0 spiro atoms. The highest BCUT2D eigenvalue weighted by Crippen LogP contribution is 2.32. The number of benzodiazepines with no additional fused rings is 1. The van der Waals surface area contributed by atoms with E-state index in [1.165, 1.54) is 12.0 Å². The summed E-state index contributed by atoms with van der Waals surface area (Å²) in [6.07, 6.45) is -1.08. The molecule has 0 bridgehead atoms. The van der Waals surface area contributed by atoms with Crippen LogP contribution in [0.15, 0.2) is 71.7 Å². The second-order valence-electron chi connectivity index (χ2n) is 7.94. The van der Waals surface area contributed by atoms with Crippen LogP contribution in [0, 0.1) is 0 Å². The third-order valence-corrected chi connectivity index (χ3v) is 6.72. The highest BCUT2D eigenvalue weighted by molar-refractivity contribution is 7.80. The van der Waals surface area contributed by atoms with Crippen LogP contribution in [-0.4, -0.2) is 50.1 Å². The van der Waals surface area contributed by atoms with E-state index in [1.807, 2.05) is 18.2 Å². The lowest BCUT2D eigenvalue weighted by atomic mass is 10.00. The Hall–Kier alpha value is -3.46. The predicted octanol–water partition coefficient (Wildman–Crippen LogP) is 4.93. The van der Waals surface area contributed by atoms with Crippen LogP contribution in [0.25, 0.3) is 0 Å². The van der Waals surface area contributed by atoms with Gasteiger partial charge < -0.3 is 19.9 Å². The summed E-state index contributed by atoms with van der Waals surface area (Å²) in [7, 11) is 4.66. The zero-order chi connectivity index (χ0) is 26.0. The Labute approximate surface area is 224 Å². The number of aliphatic imine (C=N–C) groups is 1. The number of thiocarbonyl (C=S) groups is 1. The van der Waals surface area contributed by atoms with Crippen LogP contribution >= 0.6 is 35.4 Å². The molecule has 4 rings (SSSR count). The lowest BCUT2D eigenvalue weighted by molar-refractivity contribution is -0.119. The average Bonchev–Trinajstić information content (AvgIpc) is 2.98. The van der Waals surface area contributed by atoms with Crippen molar-refractivity contribution in [3.05, 3.63) is 93.5 Å². The number of hydrogen-bond acceptors (Lipinski definition) is 5. The van der Waals surface area contributed by atoms with Gasteiger partial charge in [0.2, 0.25) is 6.17 Å². The summed E-state index contributed by atoms with van der Waals surface area (Å²) in [5, 5.41) is 4.20. The summed E-state index contributed by atoms with van der Waals surface area (Å²) in [5.41, 5.74) is 3.27. The van der Waals surface area contributed by atoms with Gasteiger partial charge in [0.25, 0.3) is 5.91 Å². The van der Waals surface area contributed by atoms with Gasteiger partial charge in [0.1, 0.15) is 0 Å². The maximum absolute atomic E-state index is 13.5. The number of fused-ring (bicyclic) bond motifs is 1. The number of likely N-dealkylation sites (N-methyl/N-ethyl adjacent to an activating group) is 1. The van der Waals surface area contributed by atoms with Crippen molar-refractivity contribution in [1.29, 1.82) is 0 Å². The van der Waals surface area contributed by atoms with Gasteiger partial charge in [0.15, 0.2) is 5.11 Å². The first-order chi connectivity index (χ1) is 17.2. The number of hydrogen-bond donors (Lipinski definition) is 1. The van der Waals surface area contributed by atoms with Crippen molar-refractivity contribution >= 4 is 69.5 Å². The molecule has 3 aromatic rings. The second-order valence-corrected chi connectivity index (χ2v) is 9.17. The van der Waals surface area contributed by atoms with Gasteiger partial charge in [0, 0.05) is 35.3 Å². The number of halogens is 2. The van der Waals surface area contributed by atoms with E-state index in [-0.39, 0.29) is 11.0 Å². The molecule has 0 saturated carbocycles. The molecule has 0 radical (unpaired) electrons. The molecule has 1 atom stereocenters. The van der Waals surface area contributed by atoms with E-state index in [2.05, 4.69) is 5.32 Å². The molecular weight excluding hydrogens is 519 g/mol. The van der Waals surface area contributed by atoms with Crippen molar-refractivity contribution < 1.29 is 14.3 Å². The van der Waals surface area contributed by atoms with Crippen molar-refractivity contribution in [1.82, 2.24) is 5.32 Å². The van der Waals surface area contributed by atoms with Crippen LogP contribution in [0.4, 0.5) is 11.4 Å². The van der Waals surface area contributed by atoms with Gasteiger partial charge in [-0.1, -0.05) is 53.5 Å². The molecule has 7 nitrogen and oxygen atoms in total. The molecule has 3 aromatic carbocycles. The standard InChI is InChI=1S/C26H22Cl2N4O3S/c1-31-21-13-12-15(27)14-18(21)22(16-8-4-6-10-19(16)28)29-23(24(31)33)30-26(36)32(2)20-11-7-5-9-17(20)25(34)35-3/h4-14,23H,1-3H3,(H,30,36). The molecule has 1 heterocycles. The highest BCUT2D eigenvalue weighted by Gasteiger charge is 2.32. The maximum Gasteiger partial charge on any atom is 0.339 e. The number of esters is 1. The van der Waals surface area contributed by atoms with E-state index in [0.29, 0.717) is 43.8 Å². The molecule has 1 aliphatic heterocycles. The normalized spacial score (nSPS) is 14.9. The molecular formula is C26H22Cl2N4O3S. The Kier molecular flexibility index (Phi) is 7.59. The Bertz CT molecular complexity index is 1400. The van der Waals surface area contributed by atoms with E-state index in [4.69, 9.17) is 45.1 Å². The Balaban J connectivity index is 1.76. The van der Waals surface area contributed by atoms with Gasteiger partial charge >= 0.3 is 5.97 Å². The fourth-order valence-electron chi connectivity index (χ4n) is 3.88. The first-order valence-electron chi connectivity index (χ1n) is 10.8. The van der Waals surface area contributed by atoms with Crippen molar-refractivity contribution in [3.8, 4) is 0 Å². The number of para-hydroxylation sites is 1. The third-order valence-electron chi connectivity index (χ3n) is 5.76. The predicted molar refractivity (Wildman–Crippen MR) is 148 cm³/mol. The topological polar surface area (TPSA) is 74.2 Å².